The SMILES string of the molecule is O[C@H](c1ccc(Br)cc1)[C@H](C[NH+]1CCCCC1)c1ccccc1. The summed E-state index contributed by atoms with van der Waals surface area (Å²) in [6.07, 6.45) is 3.52. The van der Waals surface area contributed by atoms with Crippen molar-refractivity contribution in [2.75, 3.05) is 19.6 Å². The van der Waals surface area contributed by atoms with Gasteiger partial charge in [0.1, 0.15) is 0 Å². The Morgan fingerprint density at radius 2 is 1.52 bits per heavy atom. The Labute approximate surface area is 147 Å². The summed E-state index contributed by atoms with van der Waals surface area (Å²) in [7, 11) is 0. The summed E-state index contributed by atoms with van der Waals surface area (Å²) in [5.74, 6) is 0.144. The summed E-state index contributed by atoms with van der Waals surface area (Å²) < 4.78 is 1.05. The van der Waals surface area contributed by atoms with Crippen molar-refractivity contribution in [3.05, 3.63) is 70.2 Å². The Bertz CT molecular complexity index is 593. The van der Waals surface area contributed by atoms with Crippen molar-refractivity contribution in [3.8, 4) is 0 Å². The topological polar surface area (TPSA) is 24.7 Å². The van der Waals surface area contributed by atoms with Crippen molar-refractivity contribution in [3.63, 3.8) is 0 Å². The molecule has 1 saturated heterocycles. The molecule has 2 nitrogen and oxygen atoms in total. The molecule has 3 heteroatoms. The number of likely N-dealkylation sites (tertiary alicyclic amines) is 1. The number of benzene rings is 2. The van der Waals surface area contributed by atoms with Crippen LogP contribution in [0.4, 0.5) is 0 Å². The van der Waals surface area contributed by atoms with Gasteiger partial charge in [0.2, 0.25) is 0 Å². The molecule has 0 spiro atoms. The quantitative estimate of drug-likeness (QED) is 0.823. The van der Waals surface area contributed by atoms with Gasteiger partial charge in [-0.05, 0) is 42.5 Å². The first-order valence-electron chi connectivity index (χ1n) is 8.56. The van der Waals surface area contributed by atoms with Gasteiger partial charge in [0.05, 0.1) is 31.7 Å². The van der Waals surface area contributed by atoms with Crippen LogP contribution in [0.3, 0.4) is 0 Å². The fraction of sp³-hybridized carbons (Fsp3) is 0.400. The first-order chi connectivity index (χ1) is 11.2. The largest absolute Gasteiger partial charge is 0.388 e. The second kappa shape index (κ2) is 8.09. The minimum Gasteiger partial charge on any atom is -0.388 e. The number of halogens is 1. The van der Waals surface area contributed by atoms with Crippen molar-refractivity contribution in [1.29, 1.82) is 0 Å². The van der Waals surface area contributed by atoms with E-state index in [1.54, 1.807) is 4.90 Å². The number of nitrogens with one attached hydrogen (secondary N) is 1. The third kappa shape index (κ3) is 4.43. The van der Waals surface area contributed by atoms with E-state index in [-0.39, 0.29) is 5.92 Å². The van der Waals surface area contributed by atoms with Crippen LogP contribution in [-0.2, 0) is 0 Å². The van der Waals surface area contributed by atoms with Gasteiger partial charge >= 0.3 is 0 Å². The van der Waals surface area contributed by atoms with Crippen LogP contribution < -0.4 is 4.90 Å². The number of hydrogen-bond acceptors (Lipinski definition) is 1. The maximum Gasteiger partial charge on any atom is 0.0912 e. The van der Waals surface area contributed by atoms with Crippen molar-refractivity contribution >= 4 is 15.9 Å². The van der Waals surface area contributed by atoms with E-state index in [1.807, 2.05) is 30.3 Å². The molecule has 2 N–H and O–H groups in total. The first-order valence-corrected chi connectivity index (χ1v) is 9.35. The van der Waals surface area contributed by atoms with E-state index < -0.39 is 6.10 Å². The molecule has 1 fully saturated rings. The Balaban J connectivity index is 1.83. The van der Waals surface area contributed by atoms with Crippen LogP contribution in [0.1, 0.15) is 42.4 Å². The highest BCUT2D eigenvalue weighted by atomic mass is 79.9. The molecular formula is C20H25BrNO+. The molecule has 1 aliphatic rings. The lowest BCUT2D eigenvalue weighted by Gasteiger charge is -2.30. The van der Waals surface area contributed by atoms with Crippen molar-refractivity contribution in [1.82, 2.24) is 0 Å². The molecule has 0 saturated carbocycles. The second-order valence-corrected chi connectivity index (χ2v) is 7.44. The Kier molecular flexibility index (Phi) is 5.87. The summed E-state index contributed by atoms with van der Waals surface area (Å²) in [6.45, 7) is 3.47. The lowest BCUT2D eigenvalue weighted by Crippen LogP contribution is -3.13. The van der Waals surface area contributed by atoms with Crippen LogP contribution in [0.2, 0.25) is 0 Å². The zero-order chi connectivity index (χ0) is 16.1. The Morgan fingerprint density at radius 3 is 2.17 bits per heavy atom. The molecule has 23 heavy (non-hydrogen) atoms. The van der Waals surface area contributed by atoms with Gasteiger partial charge in [-0.2, -0.15) is 0 Å². The highest BCUT2D eigenvalue weighted by Crippen LogP contribution is 2.30. The number of hydrogen-bond donors (Lipinski definition) is 2. The molecule has 0 bridgehead atoms. The van der Waals surface area contributed by atoms with Gasteiger partial charge < -0.3 is 10.0 Å². The van der Waals surface area contributed by atoms with Crippen LogP contribution in [0, 0.1) is 0 Å². The number of aliphatic hydroxyl groups is 1. The third-order valence-electron chi connectivity index (χ3n) is 4.89. The molecule has 2 aromatic rings. The normalized spacial score (nSPS) is 18.5. The Morgan fingerprint density at radius 1 is 0.870 bits per heavy atom. The predicted molar refractivity (Wildman–Crippen MR) is 97.7 cm³/mol. The monoisotopic (exact) mass is 374 g/mol. The lowest BCUT2D eigenvalue weighted by atomic mass is 9.88. The maximum atomic E-state index is 11.0. The van der Waals surface area contributed by atoms with Crippen LogP contribution in [-0.4, -0.2) is 24.7 Å². The van der Waals surface area contributed by atoms with E-state index in [2.05, 4.69) is 40.2 Å². The van der Waals surface area contributed by atoms with E-state index >= 15 is 0 Å². The van der Waals surface area contributed by atoms with Gasteiger partial charge in [-0.25, -0.2) is 0 Å². The van der Waals surface area contributed by atoms with E-state index in [0.717, 1.165) is 16.6 Å². The molecule has 2 aromatic carbocycles. The molecule has 2 atom stereocenters. The maximum absolute atomic E-state index is 11.0. The number of piperidine rings is 1. The standard InChI is InChI=1S/C20H24BrNO/c21-18-11-9-17(10-12-18)20(23)19(16-7-3-1-4-8-16)15-22-13-5-2-6-14-22/h1,3-4,7-12,19-20,23H,2,5-6,13-15H2/p+1/t19-,20-/m1/s1. The van der Waals surface area contributed by atoms with Crippen molar-refractivity contribution < 1.29 is 10.0 Å². The van der Waals surface area contributed by atoms with Gasteiger partial charge in [-0.1, -0.05) is 58.4 Å². The van der Waals surface area contributed by atoms with Gasteiger partial charge in [0.25, 0.3) is 0 Å². The number of rotatable bonds is 5. The first kappa shape index (κ1) is 16.7. The minimum atomic E-state index is -0.458. The minimum absolute atomic E-state index is 0.144. The van der Waals surface area contributed by atoms with Crippen LogP contribution in [0.5, 0.6) is 0 Å². The van der Waals surface area contributed by atoms with Crippen LogP contribution in [0.25, 0.3) is 0 Å². The number of aliphatic hydroxyl groups excluding tert-OH is 1. The van der Waals surface area contributed by atoms with Gasteiger partial charge in [-0.15, -0.1) is 0 Å². The van der Waals surface area contributed by atoms with Crippen molar-refractivity contribution in [2.45, 2.75) is 31.3 Å². The zero-order valence-corrected chi connectivity index (χ0v) is 15.0. The van der Waals surface area contributed by atoms with Crippen LogP contribution >= 0.6 is 15.9 Å². The van der Waals surface area contributed by atoms with Gasteiger partial charge in [0, 0.05) is 4.47 Å². The molecular weight excluding hydrogens is 350 g/mol. The van der Waals surface area contributed by atoms with E-state index in [9.17, 15) is 5.11 Å². The molecule has 0 amide bonds. The van der Waals surface area contributed by atoms with Crippen molar-refractivity contribution in [2.24, 2.45) is 0 Å². The molecule has 0 radical (unpaired) electrons. The molecule has 0 aliphatic carbocycles. The average Bonchev–Trinajstić information content (AvgIpc) is 2.61. The molecule has 0 aromatic heterocycles. The molecule has 122 valence electrons. The summed E-state index contributed by atoms with van der Waals surface area (Å²) in [5, 5.41) is 11.0. The molecule has 1 heterocycles. The van der Waals surface area contributed by atoms with Gasteiger partial charge in [-0.3, -0.25) is 0 Å². The summed E-state index contributed by atoms with van der Waals surface area (Å²) in [6, 6.07) is 18.5. The summed E-state index contributed by atoms with van der Waals surface area (Å²) >= 11 is 3.47. The highest BCUT2D eigenvalue weighted by molar-refractivity contribution is 9.10. The lowest BCUT2D eigenvalue weighted by molar-refractivity contribution is -0.906. The molecule has 0 unspecified atom stereocenters. The Hall–Kier alpha value is -1.16. The van der Waals surface area contributed by atoms with E-state index in [4.69, 9.17) is 0 Å². The summed E-state index contributed by atoms with van der Waals surface area (Å²) in [5.41, 5.74) is 2.24. The highest BCUT2D eigenvalue weighted by Gasteiger charge is 2.28. The predicted octanol–water partition coefficient (Wildman–Crippen LogP) is 3.34. The molecule has 1 aliphatic heterocycles. The summed E-state index contributed by atoms with van der Waals surface area (Å²) in [4.78, 5) is 1.63. The van der Waals surface area contributed by atoms with E-state index in [0.29, 0.717) is 0 Å². The van der Waals surface area contributed by atoms with Crippen LogP contribution in [0.15, 0.2) is 59.1 Å². The smallest absolute Gasteiger partial charge is 0.0912 e. The molecule has 3 rings (SSSR count). The fourth-order valence-electron chi connectivity index (χ4n) is 3.57. The van der Waals surface area contributed by atoms with Gasteiger partial charge in [0.15, 0.2) is 0 Å². The zero-order valence-electron chi connectivity index (χ0n) is 13.4. The fourth-order valence-corrected chi connectivity index (χ4v) is 3.84. The second-order valence-electron chi connectivity index (χ2n) is 6.53. The average molecular weight is 375 g/mol. The van der Waals surface area contributed by atoms with E-state index in [1.165, 1.54) is 37.9 Å². The third-order valence-corrected chi connectivity index (χ3v) is 5.42. The number of quaternary nitrogens is 1.